The number of rotatable bonds is 6. The van der Waals surface area contributed by atoms with E-state index in [0.29, 0.717) is 57.2 Å². The lowest BCUT2D eigenvalue weighted by molar-refractivity contribution is -0.142. The highest BCUT2D eigenvalue weighted by atomic mass is 79.9. The van der Waals surface area contributed by atoms with E-state index in [1.807, 2.05) is 43.3 Å². The van der Waals surface area contributed by atoms with E-state index in [-0.39, 0.29) is 28.9 Å². The lowest BCUT2D eigenvalue weighted by atomic mass is 10.0. The Morgan fingerprint density at radius 1 is 1.00 bits per heavy atom. The molecule has 9 nitrogen and oxygen atoms in total. The van der Waals surface area contributed by atoms with Gasteiger partial charge in [-0.25, -0.2) is 9.59 Å². The molecule has 0 aromatic heterocycles. The zero-order valence-electron chi connectivity index (χ0n) is 25.5. The van der Waals surface area contributed by atoms with E-state index < -0.39 is 23.9 Å². The van der Waals surface area contributed by atoms with Gasteiger partial charge in [-0.15, -0.1) is 0 Å². The van der Waals surface area contributed by atoms with Crippen LogP contribution in [0.3, 0.4) is 0 Å². The second-order valence-electron chi connectivity index (χ2n) is 12.2. The van der Waals surface area contributed by atoms with Gasteiger partial charge in [-0.1, -0.05) is 40.2 Å². The summed E-state index contributed by atoms with van der Waals surface area (Å²) in [6, 6.07) is 11.5. The number of para-hydroxylation sites is 1. The predicted octanol–water partition coefficient (Wildman–Crippen LogP) is 5.62. The number of fused-ring (bicyclic) bond motifs is 1. The minimum atomic E-state index is -4.53. The fourth-order valence-corrected chi connectivity index (χ4v) is 7.06. The minimum Gasteiger partial charge on any atom is -0.436 e. The van der Waals surface area contributed by atoms with Gasteiger partial charge in [0.15, 0.2) is 6.10 Å². The summed E-state index contributed by atoms with van der Waals surface area (Å²) in [7, 11) is 3.99. The number of ether oxygens (including phenoxy) is 1. The van der Waals surface area contributed by atoms with E-state index in [2.05, 4.69) is 26.1 Å². The first kappa shape index (κ1) is 33.1. The molecule has 3 heterocycles. The second kappa shape index (κ2) is 14.0. The quantitative estimate of drug-likeness (QED) is 0.425. The zero-order chi connectivity index (χ0) is 32.3. The third-order valence-corrected chi connectivity index (χ3v) is 9.75. The summed E-state index contributed by atoms with van der Waals surface area (Å²) in [6.07, 6.45) is -3.03. The molecular weight excluding hydrogens is 655 g/mol. The molecule has 2 aromatic rings. The maximum absolute atomic E-state index is 13.7. The number of nitrogens with zero attached hydrogens (tertiary/aromatic N) is 4. The number of carbonyl (C=O) groups excluding carboxylic acids is 3. The number of nitrogens with one attached hydrogen (secondary N) is 1. The molecule has 3 aliphatic heterocycles. The molecule has 0 spiro atoms. The number of amides is 4. The molecule has 5 rings (SSSR count). The molecule has 2 saturated heterocycles. The van der Waals surface area contributed by atoms with E-state index in [9.17, 15) is 27.6 Å². The highest BCUT2D eigenvalue weighted by molar-refractivity contribution is 9.10. The summed E-state index contributed by atoms with van der Waals surface area (Å²) in [5.74, 6) is -0.354. The van der Waals surface area contributed by atoms with Crippen LogP contribution < -0.4 is 5.32 Å². The number of hydrogen-bond donors (Lipinski definition) is 1. The summed E-state index contributed by atoms with van der Waals surface area (Å²) in [6.45, 7) is 2.27. The number of urea groups is 1. The van der Waals surface area contributed by atoms with Gasteiger partial charge in [0.2, 0.25) is 0 Å². The third-order valence-electron chi connectivity index (χ3n) is 9.09. The number of hydrogen-bond acceptors (Lipinski definition) is 5. The van der Waals surface area contributed by atoms with Crippen LogP contribution in [0.25, 0.3) is 0 Å². The van der Waals surface area contributed by atoms with Gasteiger partial charge in [0, 0.05) is 61.4 Å². The fourth-order valence-electron chi connectivity index (χ4n) is 6.41. The predicted molar refractivity (Wildman–Crippen MR) is 167 cm³/mol. The van der Waals surface area contributed by atoms with Gasteiger partial charge >= 0.3 is 18.3 Å². The Kier molecular flexibility index (Phi) is 10.3. The van der Waals surface area contributed by atoms with Crippen molar-refractivity contribution < 1.29 is 32.3 Å². The molecule has 0 radical (unpaired) electrons. The molecule has 2 fully saturated rings. The van der Waals surface area contributed by atoms with Crippen molar-refractivity contribution in [2.75, 3.05) is 52.1 Å². The Hall–Kier alpha value is -3.32. The van der Waals surface area contributed by atoms with E-state index in [4.69, 9.17) is 4.74 Å². The van der Waals surface area contributed by atoms with Gasteiger partial charge in [-0.2, -0.15) is 13.2 Å². The van der Waals surface area contributed by atoms with Crippen molar-refractivity contribution in [3.8, 4) is 0 Å². The van der Waals surface area contributed by atoms with Crippen LogP contribution in [0.4, 0.5) is 28.4 Å². The van der Waals surface area contributed by atoms with Crippen LogP contribution in [0, 0.1) is 0 Å². The molecule has 0 saturated carbocycles. The highest BCUT2D eigenvalue weighted by Crippen LogP contribution is 2.35. The van der Waals surface area contributed by atoms with Crippen LogP contribution in [0.2, 0.25) is 0 Å². The molecule has 1 atom stereocenters. The molecule has 1 N–H and O–H groups in total. The van der Waals surface area contributed by atoms with E-state index in [1.165, 1.54) is 12.1 Å². The zero-order valence-corrected chi connectivity index (χ0v) is 27.1. The topological polar surface area (TPSA) is 85.4 Å². The van der Waals surface area contributed by atoms with Gasteiger partial charge < -0.3 is 29.7 Å². The first-order valence-corrected chi connectivity index (χ1v) is 16.1. The van der Waals surface area contributed by atoms with Gasteiger partial charge in [0.1, 0.15) is 0 Å². The molecule has 2 aromatic carbocycles. The van der Waals surface area contributed by atoms with Crippen molar-refractivity contribution >= 4 is 39.6 Å². The number of benzene rings is 2. The maximum Gasteiger partial charge on any atom is 0.417 e. The third kappa shape index (κ3) is 7.92. The van der Waals surface area contributed by atoms with Crippen molar-refractivity contribution in [1.29, 1.82) is 0 Å². The first-order chi connectivity index (χ1) is 21.4. The standard InChI is InChI=1S/C32H39BrF3N5O4/c1-38(2)23-10-14-39(15-11-23)29(42)28(20-21-7-8-25(26(33)19-21)32(34,35)36)45-31(44)40-16-12-24(13-17-40)41-18-9-22-5-3-4-6-27(22)37-30(41)43/h3-8,19,23-24,28H,9-18,20H2,1-2H3,(H,37,43). The van der Waals surface area contributed by atoms with Crippen LogP contribution in [0.1, 0.15) is 42.4 Å². The minimum absolute atomic E-state index is 0.0525. The molecule has 0 bridgehead atoms. The SMILES string of the molecule is CN(C)C1CCN(C(=O)C(Cc2ccc(C(F)(F)F)c(Br)c2)OC(=O)N2CCC(N3CCc4ccccc4NC3=O)CC2)CC1. The van der Waals surface area contributed by atoms with Crippen LogP contribution >= 0.6 is 15.9 Å². The van der Waals surface area contributed by atoms with Crippen molar-refractivity contribution in [2.24, 2.45) is 0 Å². The number of likely N-dealkylation sites (tertiary alicyclic amines) is 2. The second-order valence-corrected chi connectivity index (χ2v) is 13.0. The Morgan fingerprint density at radius 2 is 1.67 bits per heavy atom. The Labute approximate surface area is 269 Å². The van der Waals surface area contributed by atoms with Crippen molar-refractivity contribution in [3.63, 3.8) is 0 Å². The van der Waals surface area contributed by atoms with Crippen molar-refractivity contribution in [2.45, 2.75) is 62.9 Å². The molecule has 0 aliphatic carbocycles. The van der Waals surface area contributed by atoms with Gasteiger partial charge in [-0.05, 0) is 75.5 Å². The van der Waals surface area contributed by atoms with Crippen LogP contribution in [-0.4, -0.2) is 103 Å². The smallest absolute Gasteiger partial charge is 0.417 e. The lowest BCUT2D eigenvalue weighted by Gasteiger charge is -2.38. The highest BCUT2D eigenvalue weighted by Gasteiger charge is 2.37. The number of alkyl halides is 3. The van der Waals surface area contributed by atoms with E-state index in [1.54, 1.807) is 9.80 Å². The average molecular weight is 695 g/mol. The summed E-state index contributed by atoms with van der Waals surface area (Å²) in [4.78, 5) is 47.3. The number of piperidine rings is 2. The van der Waals surface area contributed by atoms with Gasteiger partial charge in [0.05, 0.1) is 5.56 Å². The summed E-state index contributed by atoms with van der Waals surface area (Å²) in [5.41, 5.74) is 1.52. The van der Waals surface area contributed by atoms with Gasteiger partial charge in [0.25, 0.3) is 5.91 Å². The lowest BCUT2D eigenvalue weighted by Crippen LogP contribution is -2.52. The van der Waals surface area contributed by atoms with Crippen LogP contribution in [0.15, 0.2) is 46.9 Å². The van der Waals surface area contributed by atoms with E-state index >= 15 is 0 Å². The molecule has 45 heavy (non-hydrogen) atoms. The molecule has 1 unspecified atom stereocenters. The monoisotopic (exact) mass is 693 g/mol. The largest absolute Gasteiger partial charge is 0.436 e. The number of halogens is 4. The summed E-state index contributed by atoms with van der Waals surface area (Å²) >= 11 is 3.01. The summed E-state index contributed by atoms with van der Waals surface area (Å²) < 4.78 is 45.7. The van der Waals surface area contributed by atoms with Crippen molar-refractivity contribution in [3.05, 3.63) is 63.6 Å². The Balaban J connectivity index is 1.24. The van der Waals surface area contributed by atoms with Gasteiger partial charge in [-0.3, -0.25) is 4.79 Å². The summed E-state index contributed by atoms with van der Waals surface area (Å²) in [5, 5.41) is 2.99. The number of carbonyl (C=O) groups is 3. The molecule has 13 heteroatoms. The molecule has 4 amide bonds. The Morgan fingerprint density at radius 3 is 2.31 bits per heavy atom. The fraction of sp³-hybridized carbons (Fsp3) is 0.531. The van der Waals surface area contributed by atoms with Crippen molar-refractivity contribution in [1.82, 2.24) is 19.6 Å². The first-order valence-electron chi connectivity index (χ1n) is 15.3. The van der Waals surface area contributed by atoms with Crippen LogP contribution in [-0.2, 0) is 28.5 Å². The normalized spacial score (nSPS) is 19.2. The van der Waals surface area contributed by atoms with E-state index in [0.717, 1.165) is 36.6 Å². The number of anilines is 1. The Bertz CT molecular complexity index is 1390. The maximum atomic E-state index is 13.7. The average Bonchev–Trinajstić information content (AvgIpc) is 3.18. The molecule has 244 valence electrons. The molecular formula is C32H39BrF3N5O4. The van der Waals surface area contributed by atoms with Crippen LogP contribution in [0.5, 0.6) is 0 Å². The molecule has 3 aliphatic rings.